The minimum Gasteiger partial charge on any atom is -0.269 e. The fourth-order valence-electron chi connectivity index (χ4n) is 2.75. The Morgan fingerprint density at radius 1 is 1.08 bits per heavy atom. The number of nitrogens with zero attached hydrogens (tertiary/aromatic N) is 2. The second kappa shape index (κ2) is 5.77. The summed E-state index contributed by atoms with van der Waals surface area (Å²) in [5.74, 6) is 0. The molecule has 0 unspecified atom stereocenters. The third-order valence-electron chi connectivity index (χ3n) is 3.90. The summed E-state index contributed by atoms with van der Waals surface area (Å²) in [6, 6.07) is 8.06. The zero-order valence-electron chi connectivity index (χ0n) is 12.8. The van der Waals surface area contributed by atoms with Gasteiger partial charge in [-0.15, -0.1) is 0 Å². The molecule has 8 heteroatoms. The molecular formula is C16H15F3N2O2S. The molecule has 0 fully saturated rings. The largest absolute Gasteiger partial charge is 0.416 e. The Balaban J connectivity index is 1.97. The van der Waals surface area contributed by atoms with Gasteiger partial charge in [0, 0.05) is 12.1 Å². The fourth-order valence-corrected chi connectivity index (χ4v) is 3.74. The second-order valence-corrected chi connectivity index (χ2v) is 7.58. The van der Waals surface area contributed by atoms with Crippen molar-refractivity contribution in [1.29, 1.82) is 0 Å². The molecule has 0 N–H and O–H groups in total. The van der Waals surface area contributed by atoms with Crippen LogP contribution in [0.4, 0.5) is 18.9 Å². The molecule has 1 aliphatic heterocycles. The molecule has 0 saturated carbocycles. The number of aromatic nitrogens is 1. The molecule has 1 aliphatic rings. The van der Waals surface area contributed by atoms with Gasteiger partial charge in [0.05, 0.1) is 28.9 Å². The average molecular weight is 356 g/mol. The van der Waals surface area contributed by atoms with Gasteiger partial charge in [-0.05, 0) is 37.1 Å². The number of sulfonamides is 1. The number of rotatable bonds is 2. The Morgan fingerprint density at radius 2 is 1.75 bits per heavy atom. The zero-order valence-corrected chi connectivity index (χ0v) is 13.7. The fraction of sp³-hybridized carbons (Fsp3) is 0.312. The first-order valence-corrected chi connectivity index (χ1v) is 9.16. The lowest BCUT2D eigenvalue weighted by Gasteiger charge is -2.28. The maximum Gasteiger partial charge on any atom is 0.416 e. The van der Waals surface area contributed by atoms with Crippen molar-refractivity contribution in [3.63, 3.8) is 0 Å². The number of fused-ring (bicyclic) bond motifs is 1. The van der Waals surface area contributed by atoms with Gasteiger partial charge in [-0.3, -0.25) is 9.29 Å². The quantitative estimate of drug-likeness (QED) is 0.828. The van der Waals surface area contributed by atoms with E-state index in [1.807, 2.05) is 0 Å². The second-order valence-electron chi connectivity index (χ2n) is 5.68. The van der Waals surface area contributed by atoms with E-state index in [0.717, 1.165) is 18.4 Å². The van der Waals surface area contributed by atoms with Crippen molar-refractivity contribution in [2.75, 3.05) is 17.1 Å². The molecule has 0 radical (unpaired) electrons. The van der Waals surface area contributed by atoms with Crippen molar-refractivity contribution in [2.24, 2.45) is 0 Å². The highest BCUT2D eigenvalue weighted by Gasteiger charge is 2.30. The van der Waals surface area contributed by atoms with Crippen LogP contribution in [-0.2, 0) is 22.6 Å². The van der Waals surface area contributed by atoms with Gasteiger partial charge < -0.3 is 0 Å². The van der Waals surface area contributed by atoms with Crippen molar-refractivity contribution in [3.8, 4) is 11.3 Å². The molecule has 3 rings (SSSR count). The normalized spacial score (nSPS) is 15.2. The van der Waals surface area contributed by atoms with Crippen molar-refractivity contribution < 1.29 is 21.6 Å². The van der Waals surface area contributed by atoms with Crippen LogP contribution in [0.25, 0.3) is 11.3 Å². The minimum atomic E-state index is -4.38. The summed E-state index contributed by atoms with van der Waals surface area (Å²) in [7, 11) is -3.37. The molecular weight excluding hydrogens is 341 g/mol. The lowest BCUT2D eigenvalue weighted by molar-refractivity contribution is -0.137. The van der Waals surface area contributed by atoms with Gasteiger partial charge in [0.1, 0.15) is 0 Å². The van der Waals surface area contributed by atoms with E-state index in [1.165, 1.54) is 16.4 Å². The molecule has 0 spiro atoms. The van der Waals surface area contributed by atoms with Crippen molar-refractivity contribution in [3.05, 3.63) is 47.7 Å². The number of hydrogen-bond acceptors (Lipinski definition) is 3. The molecule has 0 saturated heterocycles. The summed E-state index contributed by atoms with van der Waals surface area (Å²) in [6.45, 7) is 0.410. The molecule has 0 amide bonds. The number of pyridine rings is 1. The van der Waals surface area contributed by atoms with E-state index in [-0.39, 0.29) is 0 Å². The number of aryl methyl sites for hydroxylation is 1. The first-order chi connectivity index (χ1) is 11.2. The van der Waals surface area contributed by atoms with Crippen LogP contribution < -0.4 is 4.31 Å². The molecule has 0 bridgehead atoms. The monoisotopic (exact) mass is 356 g/mol. The van der Waals surface area contributed by atoms with E-state index < -0.39 is 21.8 Å². The first kappa shape index (κ1) is 16.8. The maximum atomic E-state index is 12.6. The Bertz CT molecular complexity index is 862. The molecule has 24 heavy (non-hydrogen) atoms. The van der Waals surface area contributed by atoms with Gasteiger partial charge >= 0.3 is 6.18 Å². The van der Waals surface area contributed by atoms with Crippen LogP contribution in [0.3, 0.4) is 0 Å². The van der Waals surface area contributed by atoms with E-state index in [4.69, 9.17) is 0 Å². The summed E-state index contributed by atoms with van der Waals surface area (Å²) in [6.07, 6.45) is -1.94. The Kier molecular flexibility index (Phi) is 4.03. The Morgan fingerprint density at radius 3 is 2.33 bits per heavy atom. The van der Waals surface area contributed by atoms with Gasteiger partial charge in [0.2, 0.25) is 10.0 Å². The molecule has 4 nitrogen and oxygen atoms in total. The van der Waals surface area contributed by atoms with Crippen LogP contribution in [0.2, 0.25) is 0 Å². The molecule has 0 atom stereocenters. The zero-order chi connectivity index (χ0) is 17.5. The molecule has 1 aromatic heterocycles. The highest BCUT2D eigenvalue weighted by molar-refractivity contribution is 7.92. The van der Waals surface area contributed by atoms with E-state index >= 15 is 0 Å². The Labute approximate surface area is 138 Å². The van der Waals surface area contributed by atoms with Gasteiger partial charge in [0.25, 0.3) is 0 Å². The average Bonchev–Trinajstić information content (AvgIpc) is 2.52. The lowest BCUT2D eigenvalue weighted by atomic mass is 10.1. The van der Waals surface area contributed by atoms with Crippen molar-refractivity contribution in [1.82, 2.24) is 4.98 Å². The van der Waals surface area contributed by atoms with Crippen molar-refractivity contribution >= 4 is 15.7 Å². The molecule has 2 aromatic rings. The number of halogens is 3. The molecule has 0 aliphatic carbocycles. The van der Waals surface area contributed by atoms with Gasteiger partial charge in [0.15, 0.2) is 0 Å². The smallest absolute Gasteiger partial charge is 0.269 e. The van der Waals surface area contributed by atoms with Crippen LogP contribution in [0.5, 0.6) is 0 Å². The summed E-state index contributed by atoms with van der Waals surface area (Å²) in [4.78, 5) is 4.45. The van der Waals surface area contributed by atoms with Crippen LogP contribution in [0.15, 0.2) is 36.4 Å². The third kappa shape index (κ3) is 3.24. The topological polar surface area (TPSA) is 50.3 Å². The third-order valence-corrected chi connectivity index (χ3v) is 5.08. The van der Waals surface area contributed by atoms with E-state index in [2.05, 4.69) is 4.98 Å². The number of hydrogen-bond donors (Lipinski definition) is 0. The highest BCUT2D eigenvalue weighted by atomic mass is 32.2. The number of anilines is 1. The van der Waals surface area contributed by atoms with E-state index in [1.54, 1.807) is 12.1 Å². The van der Waals surface area contributed by atoms with Gasteiger partial charge in [-0.25, -0.2) is 8.42 Å². The standard InChI is InChI=1S/C16H15F3N2O2S/c1-24(22,23)21-10-2-3-14-15(21)9-8-13(20-14)11-4-6-12(7-5-11)16(17,18)19/h4-9H,2-3,10H2,1H3. The van der Waals surface area contributed by atoms with Gasteiger partial charge in [-0.1, -0.05) is 12.1 Å². The predicted molar refractivity (Wildman–Crippen MR) is 85.2 cm³/mol. The van der Waals surface area contributed by atoms with Gasteiger partial charge in [-0.2, -0.15) is 13.2 Å². The van der Waals surface area contributed by atoms with Crippen LogP contribution in [-0.4, -0.2) is 26.2 Å². The number of alkyl halides is 3. The van der Waals surface area contributed by atoms with E-state index in [0.29, 0.717) is 42.0 Å². The summed E-state index contributed by atoms with van der Waals surface area (Å²) in [5.41, 5.74) is 1.55. The van der Waals surface area contributed by atoms with Crippen LogP contribution in [0, 0.1) is 0 Å². The lowest BCUT2D eigenvalue weighted by Crippen LogP contribution is -2.34. The minimum absolute atomic E-state index is 0.410. The van der Waals surface area contributed by atoms with Crippen molar-refractivity contribution in [2.45, 2.75) is 19.0 Å². The molecule has 2 heterocycles. The molecule has 128 valence electrons. The summed E-state index contributed by atoms with van der Waals surface area (Å²) < 4.78 is 62.8. The summed E-state index contributed by atoms with van der Waals surface area (Å²) in [5, 5.41) is 0. The van der Waals surface area contributed by atoms with Crippen LogP contribution >= 0.6 is 0 Å². The highest BCUT2D eigenvalue weighted by Crippen LogP contribution is 2.33. The molecule has 1 aromatic carbocycles. The van der Waals surface area contributed by atoms with Crippen LogP contribution in [0.1, 0.15) is 17.7 Å². The Hall–Kier alpha value is -2.09. The first-order valence-electron chi connectivity index (χ1n) is 7.31. The SMILES string of the molecule is CS(=O)(=O)N1CCCc2nc(-c3ccc(C(F)(F)F)cc3)ccc21. The number of benzene rings is 1. The maximum absolute atomic E-state index is 12.6. The summed E-state index contributed by atoms with van der Waals surface area (Å²) >= 11 is 0. The predicted octanol–water partition coefficient (Wildman–Crippen LogP) is 3.48. The van der Waals surface area contributed by atoms with E-state index in [9.17, 15) is 21.6 Å².